The van der Waals surface area contributed by atoms with Gasteiger partial charge in [-0.25, -0.2) is 0 Å². The summed E-state index contributed by atoms with van der Waals surface area (Å²) < 4.78 is 6.27. The Morgan fingerprint density at radius 1 is 0.931 bits per heavy atom. The van der Waals surface area contributed by atoms with Gasteiger partial charge in [0.1, 0.15) is 5.41 Å². The van der Waals surface area contributed by atoms with Gasteiger partial charge in [0.2, 0.25) is 0 Å². The van der Waals surface area contributed by atoms with E-state index in [4.69, 9.17) is 4.74 Å². The number of rotatable bonds is 4. The number of esters is 1. The van der Waals surface area contributed by atoms with E-state index in [0.29, 0.717) is 5.92 Å². The first kappa shape index (κ1) is 16.6. The molecule has 2 aromatic carbocycles. The molecule has 0 amide bonds. The molecule has 2 atom stereocenters. The topological polar surface area (TPSA) is 26.3 Å². The molecule has 2 heteroatoms. The molecule has 2 unspecified atom stereocenters. The molecule has 0 N–H and O–H groups in total. The minimum absolute atomic E-state index is 0.187. The van der Waals surface area contributed by atoms with Gasteiger partial charge in [0, 0.05) is 5.92 Å². The molecule has 4 aliphatic rings. The maximum absolute atomic E-state index is 13.7. The van der Waals surface area contributed by atoms with Crippen molar-refractivity contribution < 1.29 is 9.53 Å². The largest absolute Gasteiger partial charge is 0.451 e. The quantitative estimate of drug-likeness (QED) is 0.511. The van der Waals surface area contributed by atoms with E-state index in [1.165, 1.54) is 16.7 Å². The Hall–Kier alpha value is -3.39. The molecular weight excluding hydrogens is 356 g/mol. The molecular formula is C27H20O2. The van der Waals surface area contributed by atoms with Crippen LogP contribution in [-0.2, 0) is 9.53 Å². The molecule has 6 rings (SSSR count). The highest BCUT2D eigenvalue weighted by Gasteiger charge is 2.56. The minimum atomic E-state index is -0.762. The summed E-state index contributed by atoms with van der Waals surface area (Å²) in [5, 5.41) is 0. The van der Waals surface area contributed by atoms with Crippen LogP contribution in [-0.4, -0.2) is 5.97 Å². The van der Waals surface area contributed by atoms with Crippen molar-refractivity contribution in [1.29, 1.82) is 0 Å². The number of hydrogen-bond donors (Lipinski definition) is 0. The van der Waals surface area contributed by atoms with Crippen LogP contribution in [0.5, 0.6) is 0 Å². The van der Waals surface area contributed by atoms with E-state index in [2.05, 4.69) is 30.4 Å². The van der Waals surface area contributed by atoms with Crippen LogP contribution in [0, 0.1) is 11.3 Å². The molecule has 2 aromatic rings. The summed E-state index contributed by atoms with van der Waals surface area (Å²) in [5.41, 5.74) is 6.06. The fraction of sp³-hybridized carbons (Fsp3) is 0.148. The molecule has 0 aliphatic heterocycles. The number of allylic oxidation sites excluding steroid dienone is 7. The van der Waals surface area contributed by atoms with E-state index in [1.54, 1.807) is 0 Å². The Labute approximate surface area is 170 Å². The van der Waals surface area contributed by atoms with Gasteiger partial charge in [-0.05, 0) is 34.3 Å². The molecule has 0 spiro atoms. The molecule has 29 heavy (non-hydrogen) atoms. The van der Waals surface area contributed by atoms with Gasteiger partial charge in [0.15, 0.2) is 6.10 Å². The lowest BCUT2D eigenvalue weighted by Gasteiger charge is -2.32. The van der Waals surface area contributed by atoms with Crippen LogP contribution in [0.15, 0.2) is 119 Å². The van der Waals surface area contributed by atoms with Gasteiger partial charge in [-0.1, -0.05) is 103 Å². The lowest BCUT2D eigenvalue weighted by atomic mass is 9.74. The molecule has 0 radical (unpaired) electrons. The zero-order chi connectivity index (χ0) is 19.4. The summed E-state index contributed by atoms with van der Waals surface area (Å²) in [7, 11) is 0. The van der Waals surface area contributed by atoms with Gasteiger partial charge in [0.25, 0.3) is 0 Å². The highest BCUT2D eigenvalue weighted by Crippen LogP contribution is 2.62. The van der Waals surface area contributed by atoms with Crippen LogP contribution in [0.25, 0.3) is 0 Å². The number of hydrogen-bond acceptors (Lipinski definition) is 2. The van der Waals surface area contributed by atoms with Crippen LogP contribution >= 0.6 is 0 Å². The van der Waals surface area contributed by atoms with Crippen molar-refractivity contribution in [3.63, 3.8) is 0 Å². The highest BCUT2D eigenvalue weighted by molar-refractivity contribution is 5.91. The highest BCUT2D eigenvalue weighted by atomic mass is 16.5. The normalized spacial score (nSPS) is 25.3. The Balaban J connectivity index is 1.41. The van der Waals surface area contributed by atoms with Gasteiger partial charge < -0.3 is 4.74 Å². The third-order valence-corrected chi connectivity index (χ3v) is 6.34. The van der Waals surface area contributed by atoms with E-state index >= 15 is 0 Å². The summed E-state index contributed by atoms with van der Waals surface area (Å²) in [4.78, 5) is 13.7. The van der Waals surface area contributed by atoms with E-state index in [-0.39, 0.29) is 5.97 Å². The smallest absolute Gasteiger partial charge is 0.325 e. The maximum Gasteiger partial charge on any atom is 0.325 e. The zero-order valence-corrected chi connectivity index (χ0v) is 15.9. The van der Waals surface area contributed by atoms with Crippen molar-refractivity contribution in [3.05, 3.63) is 131 Å². The number of carbonyl (C=O) groups is 1. The first-order valence-electron chi connectivity index (χ1n) is 10.1. The average Bonchev–Trinajstić information content (AvgIpc) is 3.24. The van der Waals surface area contributed by atoms with Crippen LogP contribution in [0.4, 0.5) is 0 Å². The fourth-order valence-corrected chi connectivity index (χ4v) is 4.80. The molecule has 4 aliphatic carbocycles. The number of fused-ring (bicyclic) bond motifs is 4. The van der Waals surface area contributed by atoms with Crippen LogP contribution in [0.2, 0.25) is 0 Å². The fourth-order valence-electron chi connectivity index (χ4n) is 4.80. The van der Waals surface area contributed by atoms with Crippen LogP contribution in [0.3, 0.4) is 0 Å². The van der Waals surface area contributed by atoms with E-state index in [0.717, 1.165) is 23.1 Å². The summed E-state index contributed by atoms with van der Waals surface area (Å²) in [6.07, 6.45) is 13.3. The average molecular weight is 376 g/mol. The molecule has 0 aromatic heterocycles. The summed E-state index contributed by atoms with van der Waals surface area (Å²) in [6.45, 7) is 0. The second-order valence-corrected chi connectivity index (χ2v) is 8.13. The third-order valence-electron chi connectivity index (χ3n) is 6.34. The first-order chi connectivity index (χ1) is 14.2. The molecule has 1 fully saturated rings. The second kappa shape index (κ2) is 6.05. The maximum atomic E-state index is 13.7. The molecule has 0 saturated heterocycles. The molecule has 0 heterocycles. The van der Waals surface area contributed by atoms with Crippen molar-refractivity contribution in [2.24, 2.45) is 11.3 Å². The predicted octanol–water partition coefficient (Wildman–Crippen LogP) is 5.63. The molecule has 1 saturated carbocycles. The number of ether oxygens (including phenoxy) is 1. The van der Waals surface area contributed by atoms with Gasteiger partial charge in [-0.2, -0.15) is 0 Å². The summed E-state index contributed by atoms with van der Waals surface area (Å²) in [5.74, 6) is 0.224. The minimum Gasteiger partial charge on any atom is -0.451 e. The SMILES string of the molecule is O=C(OC(c1ccccc1)c1ccccc1)C12C=C3C=CC=C3C=C1C1CC1=C2. The van der Waals surface area contributed by atoms with Crippen LogP contribution < -0.4 is 0 Å². The Bertz CT molecular complexity index is 1120. The number of carbonyl (C=O) groups excluding carboxylic acids is 1. The molecule has 0 bridgehead atoms. The van der Waals surface area contributed by atoms with E-state index in [9.17, 15) is 4.79 Å². The van der Waals surface area contributed by atoms with Gasteiger partial charge in [-0.15, -0.1) is 0 Å². The van der Waals surface area contributed by atoms with Gasteiger partial charge in [-0.3, -0.25) is 4.79 Å². The van der Waals surface area contributed by atoms with Gasteiger partial charge in [0.05, 0.1) is 0 Å². The monoisotopic (exact) mass is 376 g/mol. The third kappa shape index (κ3) is 2.52. The van der Waals surface area contributed by atoms with Crippen molar-refractivity contribution in [1.82, 2.24) is 0 Å². The predicted molar refractivity (Wildman–Crippen MR) is 113 cm³/mol. The molecule has 140 valence electrons. The second-order valence-electron chi connectivity index (χ2n) is 8.13. The summed E-state index contributed by atoms with van der Waals surface area (Å²) in [6, 6.07) is 20.0. The van der Waals surface area contributed by atoms with Crippen molar-refractivity contribution >= 4 is 5.97 Å². The lowest BCUT2D eigenvalue weighted by molar-refractivity contribution is -0.153. The van der Waals surface area contributed by atoms with E-state index in [1.807, 2.05) is 66.7 Å². The van der Waals surface area contributed by atoms with E-state index < -0.39 is 11.5 Å². The molecule has 2 nitrogen and oxygen atoms in total. The van der Waals surface area contributed by atoms with Gasteiger partial charge >= 0.3 is 5.97 Å². The Kier molecular flexibility index (Phi) is 3.45. The standard InChI is InChI=1S/C27H20O2/c28-26(29-25(18-8-3-1-4-9-18)19-10-5-2-6-11-19)27-16-21-13-7-12-20(21)15-24(27)23-14-22(23)17-27/h1-13,15-17,23,25H,14H2. The first-order valence-corrected chi connectivity index (χ1v) is 10.1. The zero-order valence-electron chi connectivity index (χ0n) is 15.9. The Morgan fingerprint density at radius 3 is 2.31 bits per heavy atom. The lowest BCUT2D eigenvalue weighted by Crippen LogP contribution is -2.33. The van der Waals surface area contributed by atoms with Crippen molar-refractivity contribution in [2.45, 2.75) is 12.5 Å². The van der Waals surface area contributed by atoms with Crippen LogP contribution in [0.1, 0.15) is 23.7 Å². The Morgan fingerprint density at radius 2 is 1.62 bits per heavy atom. The number of benzene rings is 2. The van der Waals surface area contributed by atoms with Crippen molar-refractivity contribution in [2.75, 3.05) is 0 Å². The summed E-state index contributed by atoms with van der Waals surface area (Å²) >= 11 is 0. The van der Waals surface area contributed by atoms with Crippen molar-refractivity contribution in [3.8, 4) is 0 Å².